The van der Waals surface area contributed by atoms with Crippen molar-refractivity contribution in [1.29, 1.82) is 0 Å². The summed E-state index contributed by atoms with van der Waals surface area (Å²) in [4.78, 5) is 29.4. The monoisotopic (exact) mass is 442 g/mol. The van der Waals surface area contributed by atoms with E-state index in [1.165, 1.54) is 5.56 Å². The fourth-order valence-electron chi connectivity index (χ4n) is 3.83. The summed E-state index contributed by atoms with van der Waals surface area (Å²) in [5, 5.41) is 6.43. The molecule has 1 aliphatic rings. The second-order valence-electron chi connectivity index (χ2n) is 8.15. The van der Waals surface area contributed by atoms with E-state index in [4.69, 9.17) is 11.6 Å². The molecule has 1 atom stereocenters. The fourth-order valence-corrected chi connectivity index (χ4v) is 3.96. The molecule has 166 valence electrons. The van der Waals surface area contributed by atoms with E-state index < -0.39 is 0 Å². The summed E-state index contributed by atoms with van der Waals surface area (Å²) in [6, 6.07) is 13.5. The van der Waals surface area contributed by atoms with Crippen LogP contribution in [0.5, 0.6) is 0 Å². The molecular formula is C24H31ClN4O2. The van der Waals surface area contributed by atoms with Crippen molar-refractivity contribution in [2.45, 2.75) is 33.4 Å². The van der Waals surface area contributed by atoms with Crippen LogP contribution in [0, 0.1) is 13.8 Å². The lowest BCUT2D eigenvalue weighted by Gasteiger charge is -2.37. The summed E-state index contributed by atoms with van der Waals surface area (Å²) in [5.74, 6) is -0.339. The highest BCUT2D eigenvalue weighted by Crippen LogP contribution is 2.19. The SMILES string of the molecule is Cc1cccc(C)c1NC(=O)CNC(=O)[C@H](C)N1CCN(Cc2ccc(Cl)cc2)CC1. The highest BCUT2D eigenvalue weighted by molar-refractivity contribution is 6.30. The average Bonchev–Trinajstić information content (AvgIpc) is 2.76. The molecule has 1 aliphatic heterocycles. The first kappa shape index (κ1) is 23.3. The standard InChI is InChI=1S/C24H31ClN4O2/c1-17-5-4-6-18(2)23(17)27-22(30)15-26-24(31)19(3)29-13-11-28(12-14-29)16-20-7-9-21(25)10-8-20/h4-10,19H,11-16H2,1-3H3,(H,26,31)(H,27,30)/t19-/m0/s1. The number of para-hydroxylation sites is 1. The van der Waals surface area contributed by atoms with Gasteiger partial charge in [0.05, 0.1) is 12.6 Å². The minimum absolute atomic E-state index is 0.0342. The number of carbonyl (C=O) groups is 2. The van der Waals surface area contributed by atoms with Gasteiger partial charge in [-0.25, -0.2) is 0 Å². The van der Waals surface area contributed by atoms with Crippen molar-refractivity contribution in [1.82, 2.24) is 15.1 Å². The number of anilines is 1. The number of carbonyl (C=O) groups excluding carboxylic acids is 2. The molecule has 0 saturated carbocycles. The van der Waals surface area contributed by atoms with Crippen LogP contribution in [0.1, 0.15) is 23.6 Å². The van der Waals surface area contributed by atoms with Crippen LogP contribution in [0.15, 0.2) is 42.5 Å². The van der Waals surface area contributed by atoms with Gasteiger partial charge in [-0.15, -0.1) is 0 Å². The third-order valence-corrected chi connectivity index (χ3v) is 6.07. The van der Waals surface area contributed by atoms with Crippen LogP contribution < -0.4 is 10.6 Å². The minimum Gasteiger partial charge on any atom is -0.346 e. The highest BCUT2D eigenvalue weighted by atomic mass is 35.5. The molecule has 1 fully saturated rings. The first-order valence-corrected chi connectivity index (χ1v) is 11.1. The number of nitrogens with one attached hydrogen (secondary N) is 2. The molecule has 1 heterocycles. The molecule has 2 aromatic carbocycles. The summed E-state index contributed by atoms with van der Waals surface area (Å²) in [5.41, 5.74) is 4.05. The molecule has 0 spiro atoms. The number of piperazine rings is 1. The Balaban J connectivity index is 1.42. The second kappa shape index (κ2) is 10.8. The number of benzene rings is 2. The van der Waals surface area contributed by atoms with Crippen molar-refractivity contribution in [2.24, 2.45) is 0 Å². The van der Waals surface area contributed by atoms with E-state index in [2.05, 4.69) is 20.4 Å². The van der Waals surface area contributed by atoms with Gasteiger partial charge in [-0.2, -0.15) is 0 Å². The number of hydrogen-bond donors (Lipinski definition) is 2. The van der Waals surface area contributed by atoms with E-state index in [9.17, 15) is 9.59 Å². The largest absolute Gasteiger partial charge is 0.346 e. The molecule has 1 saturated heterocycles. The van der Waals surface area contributed by atoms with Gasteiger partial charge in [0.15, 0.2) is 0 Å². The topological polar surface area (TPSA) is 64.7 Å². The lowest BCUT2D eigenvalue weighted by atomic mass is 10.1. The van der Waals surface area contributed by atoms with Crippen molar-refractivity contribution < 1.29 is 9.59 Å². The van der Waals surface area contributed by atoms with Crippen LogP contribution in [-0.4, -0.2) is 60.4 Å². The Hall–Kier alpha value is -2.41. The number of halogens is 1. The quantitative estimate of drug-likeness (QED) is 0.691. The lowest BCUT2D eigenvalue weighted by molar-refractivity contribution is -0.128. The summed E-state index contributed by atoms with van der Waals surface area (Å²) in [6.45, 7) is 10.1. The Morgan fingerprint density at radius 2 is 1.61 bits per heavy atom. The highest BCUT2D eigenvalue weighted by Gasteiger charge is 2.25. The fraction of sp³-hybridized carbons (Fsp3) is 0.417. The molecule has 2 N–H and O–H groups in total. The first-order valence-electron chi connectivity index (χ1n) is 10.7. The third-order valence-electron chi connectivity index (χ3n) is 5.82. The van der Waals surface area contributed by atoms with Crippen LogP contribution in [0.2, 0.25) is 5.02 Å². The van der Waals surface area contributed by atoms with Crippen molar-refractivity contribution >= 4 is 29.1 Å². The van der Waals surface area contributed by atoms with E-state index in [-0.39, 0.29) is 24.4 Å². The summed E-state index contributed by atoms with van der Waals surface area (Å²) in [7, 11) is 0. The molecular weight excluding hydrogens is 412 g/mol. The number of aryl methyl sites for hydroxylation is 2. The Bertz CT molecular complexity index is 888. The average molecular weight is 443 g/mol. The Labute approximate surface area is 189 Å². The zero-order valence-electron chi connectivity index (χ0n) is 18.5. The van der Waals surface area contributed by atoms with Gasteiger partial charge in [0.1, 0.15) is 0 Å². The second-order valence-corrected chi connectivity index (χ2v) is 8.58. The van der Waals surface area contributed by atoms with E-state index in [0.717, 1.165) is 54.6 Å². The van der Waals surface area contributed by atoms with Gasteiger partial charge in [0.25, 0.3) is 0 Å². The normalized spacial score (nSPS) is 16.0. The van der Waals surface area contributed by atoms with Gasteiger partial charge in [-0.1, -0.05) is 41.9 Å². The molecule has 0 bridgehead atoms. The predicted molar refractivity (Wildman–Crippen MR) is 125 cm³/mol. The molecule has 0 radical (unpaired) electrons. The lowest BCUT2D eigenvalue weighted by Crippen LogP contribution is -2.54. The van der Waals surface area contributed by atoms with E-state index in [1.54, 1.807) is 0 Å². The summed E-state index contributed by atoms with van der Waals surface area (Å²) in [6.07, 6.45) is 0. The van der Waals surface area contributed by atoms with Gasteiger partial charge in [0.2, 0.25) is 11.8 Å². The molecule has 3 rings (SSSR count). The number of amides is 2. The third kappa shape index (κ3) is 6.53. The first-order chi connectivity index (χ1) is 14.8. The van der Waals surface area contributed by atoms with Crippen molar-refractivity contribution in [2.75, 3.05) is 38.0 Å². The predicted octanol–water partition coefficient (Wildman–Crippen LogP) is 3.22. The van der Waals surface area contributed by atoms with Gasteiger partial charge < -0.3 is 10.6 Å². The maximum Gasteiger partial charge on any atom is 0.243 e. The van der Waals surface area contributed by atoms with Gasteiger partial charge in [-0.3, -0.25) is 19.4 Å². The molecule has 0 unspecified atom stereocenters. The Kier molecular flexibility index (Phi) is 8.07. The molecule has 31 heavy (non-hydrogen) atoms. The smallest absolute Gasteiger partial charge is 0.243 e. The maximum atomic E-state index is 12.6. The van der Waals surface area contributed by atoms with Crippen LogP contribution in [0.3, 0.4) is 0 Å². The molecule has 7 heteroatoms. The Morgan fingerprint density at radius 1 is 1.00 bits per heavy atom. The summed E-state index contributed by atoms with van der Waals surface area (Å²) >= 11 is 5.95. The number of hydrogen-bond acceptors (Lipinski definition) is 4. The van der Waals surface area contributed by atoms with Crippen LogP contribution in [-0.2, 0) is 16.1 Å². The zero-order valence-corrected chi connectivity index (χ0v) is 19.2. The summed E-state index contributed by atoms with van der Waals surface area (Å²) < 4.78 is 0. The molecule has 2 aromatic rings. The van der Waals surface area contributed by atoms with Crippen molar-refractivity contribution in [3.63, 3.8) is 0 Å². The Morgan fingerprint density at radius 3 is 2.23 bits per heavy atom. The zero-order chi connectivity index (χ0) is 22.4. The number of nitrogens with zero attached hydrogens (tertiary/aromatic N) is 2. The van der Waals surface area contributed by atoms with Gasteiger partial charge in [-0.05, 0) is 49.6 Å². The minimum atomic E-state index is -0.273. The van der Waals surface area contributed by atoms with Crippen LogP contribution in [0.4, 0.5) is 5.69 Å². The van der Waals surface area contributed by atoms with E-state index in [1.807, 2.05) is 63.2 Å². The number of rotatable bonds is 7. The van der Waals surface area contributed by atoms with Gasteiger partial charge in [0, 0.05) is 43.4 Å². The van der Waals surface area contributed by atoms with Crippen molar-refractivity contribution in [3.05, 3.63) is 64.2 Å². The van der Waals surface area contributed by atoms with E-state index >= 15 is 0 Å². The molecule has 0 aliphatic carbocycles. The van der Waals surface area contributed by atoms with Crippen LogP contribution >= 0.6 is 11.6 Å². The maximum absolute atomic E-state index is 12.6. The van der Waals surface area contributed by atoms with E-state index in [0.29, 0.717) is 0 Å². The van der Waals surface area contributed by atoms with Crippen molar-refractivity contribution in [3.8, 4) is 0 Å². The molecule has 0 aromatic heterocycles. The molecule has 2 amide bonds. The molecule has 6 nitrogen and oxygen atoms in total. The van der Waals surface area contributed by atoms with Crippen LogP contribution in [0.25, 0.3) is 0 Å². The van der Waals surface area contributed by atoms with Gasteiger partial charge >= 0.3 is 0 Å².